The molecule has 0 fully saturated rings. The SMILES string of the molecule is CC(C)(C)c1ccc(N(c2cccnc2)c2ccc3c(c2)C2(c4cc5ccccc5cc4Oc4cc5cccnc5cc42)c2c-3c3ccccc3c3cc(N(c4ccc(C(C)(C)C)cc4)c4cccnc4)ccc23)cc1. The Morgan fingerprint density at radius 3 is 1.54 bits per heavy atom. The molecule has 1 unspecified atom stereocenters. The molecular weight excluding hydrogens is 927 g/mol. The lowest BCUT2D eigenvalue weighted by Crippen LogP contribution is -2.32. The largest absolute Gasteiger partial charge is 0.457 e. The van der Waals surface area contributed by atoms with Gasteiger partial charge in [-0.2, -0.15) is 0 Å². The molecule has 0 amide bonds. The number of rotatable bonds is 6. The molecule has 0 saturated heterocycles. The highest BCUT2D eigenvalue weighted by Crippen LogP contribution is 2.66. The van der Waals surface area contributed by atoms with Crippen LogP contribution in [-0.4, -0.2) is 15.0 Å². The molecule has 76 heavy (non-hydrogen) atoms. The fraction of sp³-hybridized carbons (Fsp3) is 0.129. The highest BCUT2D eigenvalue weighted by molar-refractivity contribution is 6.20. The molecule has 0 N–H and O–H groups in total. The lowest BCUT2D eigenvalue weighted by molar-refractivity contribution is 0.438. The number of nitrogens with zero attached hydrogens (tertiary/aromatic N) is 5. The lowest BCUT2D eigenvalue weighted by Gasteiger charge is -2.41. The number of hydrogen-bond acceptors (Lipinski definition) is 6. The molecule has 3 aromatic heterocycles. The molecule has 14 rings (SSSR count). The standard InChI is InChI=1S/C70H55N5O/c1-68(2,3)47-21-25-49(26-22-47)74(53-17-12-33-71-42-53)51-29-31-57-59(39-51)55-19-9-10-20-56(55)66-58-32-30-52(75(54-18-13-34-72-43-54)50-27-23-48(24-28-50)69(4,5)6)40-60(58)70(67(57)66)61-36-44-14-7-8-15-45(44)37-64(61)76-65-38-46-16-11-35-73-63(46)41-62(65)70/h7-43H,1-6H3. The molecule has 0 radical (unpaired) electrons. The molecule has 0 saturated carbocycles. The molecule has 1 aliphatic carbocycles. The smallest absolute Gasteiger partial charge is 0.132 e. The molecular formula is C70H55N5O. The maximum atomic E-state index is 7.28. The number of benzene rings is 9. The van der Waals surface area contributed by atoms with Crippen molar-refractivity contribution in [3.05, 3.63) is 258 Å². The highest BCUT2D eigenvalue weighted by Gasteiger charge is 2.53. The van der Waals surface area contributed by atoms with Crippen LogP contribution in [0.15, 0.2) is 225 Å². The van der Waals surface area contributed by atoms with Gasteiger partial charge in [0.1, 0.15) is 11.5 Å². The van der Waals surface area contributed by atoms with Gasteiger partial charge < -0.3 is 14.5 Å². The zero-order valence-electron chi connectivity index (χ0n) is 43.5. The Kier molecular flexibility index (Phi) is 10.1. The quantitative estimate of drug-likeness (QED) is 0.155. The zero-order valence-corrected chi connectivity index (χ0v) is 43.5. The van der Waals surface area contributed by atoms with E-state index in [-0.39, 0.29) is 10.8 Å². The van der Waals surface area contributed by atoms with E-state index < -0.39 is 5.41 Å². The number of anilines is 6. The number of fused-ring (bicyclic) bond motifs is 16. The van der Waals surface area contributed by atoms with Crippen molar-refractivity contribution in [3.63, 3.8) is 0 Å². The van der Waals surface area contributed by atoms with Crippen LogP contribution in [0, 0.1) is 0 Å². The van der Waals surface area contributed by atoms with Gasteiger partial charge in [-0.15, -0.1) is 0 Å². The molecule has 9 aromatic carbocycles. The first-order valence-electron chi connectivity index (χ1n) is 26.3. The maximum Gasteiger partial charge on any atom is 0.132 e. The third-order valence-corrected chi connectivity index (χ3v) is 15.9. The summed E-state index contributed by atoms with van der Waals surface area (Å²) in [6.07, 6.45) is 9.50. The van der Waals surface area contributed by atoms with Crippen LogP contribution in [0.2, 0.25) is 0 Å². The minimum atomic E-state index is -0.897. The van der Waals surface area contributed by atoms with E-state index in [1.54, 1.807) is 0 Å². The minimum absolute atomic E-state index is 0.00250. The van der Waals surface area contributed by atoms with Gasteiger partial charge >= 0.3 is 0 Å². The van der Waals surface area contributed by atoms with Gasteiger partial charge in [0.15, 0.2) is 0 Å². The Morgan fingerprint density at radius 2 is 0.921 bits per heavy atom. The molecule has 4 heterocycles. The summed E-state index contributed by atoms with van der Waals surface area (Å²) >= 11 is 0. The third-order valence-electron chi connectivity index (χ3n) is 15.9. The highest BCUT2D eigenvalue weighted by atomic mass is 16.5. The summed E-state index contributed by atoms with van der Waals surface area (Å²) in [7, 11) is 0. The summed E-state index contributed by atoms with van der Waals surface area (Å²) in [6.45, 7) is 13.6. The monoisotopic (exact) mass is 981 g/mol. The topological polar surface area (TPSA) is 54.4 Å². The second kappa shape index (κ2) is 17.0. The Bertz CT molecular complexity index is 4190. The molecule has 366 valence electrons. The van der Waals surface area contributed by atoms with Gasteiger partial charge in [0.05, 0.1) is 34.7 Å². The third kappa shape index (κ3) is 7.04. The molecule has 1 spiro atoms. The van der Waals surface area contributed by atoms with E-state index in [0.717, 1.165) is 83.8 Å². The molecule has 1 aliphatic heterocycles. The summed E-state index contributed by atoms with van der Waals surface area (Å²) in [5.41, 5.74) is 15.7. The van der Waals surface area contributed by atoms with Gasteiger partial charge in [-0.05, 0) is 180 Å². The average Bonchev–Trinajstić information content (AvgIpc) is 3.88. The first kappa shape index (κ1) is 45.5. The molecule has 6 heteroatoms. The van der Waals surface area contributed by atoms with E-state index in [4.69, 9.17) is 9.72 Å². The van der Waals surface area contributed by atoms with Crippen molar-refractivity contribution in [3.8, 4) is 22.6 Å². The van der Waals surface area contributed by atoms with Crippen LogP contribution in [0.4, 0.5) is 34.1 Å². The van der Waals surface area contributed by atoms with Gasteiger partial charge in [-0.1, -0.05) is 133 Å². The van der Waals surface area contributed by atoms with Crippen LogP contribution >= 0.6 is 0 Å². The summed E-state index contributed by atoms with van der Waals surface area (Å²) in [5.74, 6) is 1.65. The lowest BCUT2D eigenvalue weighted by atomic mass is 9.64. The van der Waals surface area contributed by atoms with E-state index in [1.165, 1.54) is 49.5 Å². The van der Waals surface area contributed by atoms with Gasteiger partial charge in [0, 0.05) is 57.9 Å². The van der Waals surface area contributed by atoms with E-state index in [0.29, 0.717) is 0 Å². The van der Waals surface area contributed by atoms with Crippen LogP contribution in [0.25, 0.3) is 54.3 Å². The number of ether oxygens (including phenoxy) is 1. The predicted molar refractivity (Wildman–Crippen MR) is 314 cm³/mol. The van der Waals surface area contributed by atoms with E-state index in [2.05, 4.69) is 237 Å². The van der Waals surface area contributed by atoms with Gasteiger partial charge in [0.2, 0.25) is 0 Å². The Morgan fingerprint density at radius 1 is 0.395 bits per heavy atom. The number of aromatic nitrogens is 3. The van der Waals surface area contributed by atoms with Crippen molar-refractivity contribution in [1.29, 1.82) is 0 Å². The summed E-state index contributed by atoms with van der Waals surface area (Å²) in [5, 5.41) is 7.98. The van der Waals surface area contributed by atoms with Crippen molar-refractivity contribution < 1.29 is 4.74 Å². The zero-order chi connectivity index (χ0) is 51.5. The van der Waals surface area contributed by atoms with Crippen LogP contribution in [0.1, 0.15) is 74.9 Å². The molecule has 0 bridgehead atoms. The Balaban J connectivity index is 1.11. The van der Waals surface area contributed by atoms with Crippen molar-refractivity contribution in [2.45, 2.75) is 57.8 Å². The predicted octanol–water partition coefficient (Wildman–Crippen LogP) is 18.5. The van der Waals surface area contributed by atoms with Crippen molar-refractivity contribution in [2.75, 3.05) is 9.80 Å². The van der Waals surface area contributed by atoms with Gasteiger partial charge in [-0.25, -0.2) is 0 Å². The van der Waals surface area contributed by atoms with Crippen LogP contribution in [0.3, 0.4) is 0 Å². The van der Waals surface area contributed by atoms with E-state index >= 15 is 0 Å². The molecule has 12 aromatic rings. The van der Waals surface area contributed by atoms with Crippen LogP contribution in [0.5, 0.6) is 11.5 Å². The fourth-order valence-electron chi connectivity index (χ4n) is 12.3. The fourth-order valence-corrected chi connectivity index (χ4v) is 12.3. The summed E-state index contributed by atoms with van der Waals surface area (Å²) in [4.78, 5) is 19.1. The molecule has 1 atom stereocenters. The van der Waals surface area contributed by atoms with E-state index in [1.807, 2.05) is 49.2 Å². The first-order valence-corrected chi connectivity index (χ1v) is 26.3. The van der Waals surface area contributed by atoms with Gasteiger partial charge in [-0.3, -0.25) is 15.0 Å². The summed E-state index contributed by atoms with van der Waals surface area (Å²) in [6, 6.07) is 71.5. The summed E-state index contributed by atoms with van der Waals surface area (Å²) < 4.78 is 7.28. The van der Waals surface area contributed by atoms with Crippen molar-refractivity contribution >= 4 is 77.3 Å². The second-order valence-corrected chi connectivity index (χ2v) is 22.5. The normalized spacial score (nSPS) is 14.6. The first-order chi connectivity index (χ1) is 36.9. The number of pyridine rings is 3. The van der Waals surface area contributed by atoms with E-state index in [9.17, 15) is 0 Å². The van der Waals surface area contributed by atoms with Crippen molar-refractivity contribution in [1.82, 2.24) is 15.0 Å². The Hall–Kier alpha value is -9.13. The molecule has 6 nitrogen and oxygen atoms in total. The second-order valence-electron chi connectivity index (χ2n) is 22.5. The molecule has 2 aliphatic rings. The Labute approximate surface area is 443 Å². The maximum absolute atomic E-state index is 7.28. The minimum Gasteiger partial charge on any atom is -0.457 e. The number of hydrogen-bond donors (Lipinski definition) is 0. The average molecular weight is 982 g/mol. The van der Waals surface area contributed by atoms with Crippen LogP contribution in [-0.2, 0) is 16.2 Å². The van der Waals surface area contributed by atoms with Crippen molar-refractivity contribution in [2.24, 2.45) is 0 Å². The van der Waals surface area contributed by atoms with Gasteiger partial charge in [0.25, 0.3) is 0 Å². The van der Waals surface area contributed by atoms with Crippen LogP contribution < -0.4 is 14.5 Å².